The topological polar surface area (TPSA) is 33.2 Å². The molecule has 0 saturated carbocycles. The first kappa shape index (κ1) is 14.7. The van der Waals surface area contributed by atoms with Gasteiger partial charge in [0.1, 0.15) is 5.15 Å². The lowest BCUT2D eigenvalue weighted by atomic mass is 10.1. The first-order valence-electron chi connectivity index (χ1n) is 7.15. The van der Waals surface area contributed by atoms with E-state index in [9.17, 15) is 4.79 Å². The van der Waals surface area contributed by atoms with E-state index >= 15 is 0 Å². The lowest BCUT2D eigenvalue weighted by Gasteiger charge is -2.32. The smallest absolute Gasteiger partial charge is 0.254 e. The number of aromatic nitrogens is 1. The highest BCUT2D eigenvalue weighted by Gasteiger charge is 2.25. The summed E-state index contributed by atoms with van der Waals surface area (Å²) in [5.74, 6) is 1.07. The molecule has 1 aliphatic heterocycles. The second-order valence-corrected chi connectivity index (χ2v) is 6.96. The Hall–Kier alpha value is -1.26. The van der Waals surface area contributed by atoms with E-state index in [0.717, 1.165) is 36.2 Å². The number of amides is 1. The first-order chi connectivity index (χ1) is 10.2. The summed E-state index contributed by atoms with van der Waals surface area (Å²) < 4.78 is 0. The Labute approximate surface area is 133 Å². The molecule has 1 fully saturated rings. The molecule has 3 nitrogen and oxygen atoms in total. The number of para-hydroxylation sites is 1. The van der Waals surface area contributed by atoms with E-state index in [1.807, 2.05) is 40.9 Å². The highest BCUT2D eigenvalue weighted by atomic mass is 35.5. The van der Waals surface area contributed by atoms with Gasteiger partial charge in [0.05, 0.1) is 11.1 Å². The van der Waals surface area contributed by atoms with Crippen LogP contribution in [0.25, 0.3) is 10.9 Å². The maximum atomic E-state index is 12.9. The second kappa shape index (κ2) is 6.24. The van der Waals surface area contributed by atoms with Gasteiger partial charge in [-0.05, 0) is 18.6 Å². The van der Waals surface area contributed by atoms with Crippen molar-refractivity contribution in [1.29, 1.82) is 0 Å². The van der Waals surface area contributed by atoms with Gasteiger partial charge in [0.2, 0.25) is 0 Å². The SMILES string of the molecule is CCC1CN(C(=O)c2cc(Cl)nc3ccccc23)CCS1. The van der Waals surface area contributed by atoms with Crippen LogP contribution in [0.4, 0.5) is 0 Å². The van der Waals surface area contributed by atoms with Crippen molar-refractivity contribution in [3.63, 3.8) is 0 Å². The lowest BCUT2D eigenvalue weighted by Crippen LogP contribution is -2.41. The van der Waals surface area contributed by atoms with Gasteiger partial charge in [-0.2, -0.15) is 11.8 Å². The average Bonchev–Trinajstić information content (AvgIpc) is 2.53. The van der Waals surface area contributed by atoms with Crippen molar-refractivity contribution >= 4 is 40.2 Å². The monoisotopic (exact) mass is 320 g/mol. The maximum absolute atomic E-state index is 12.9. The third-order valence-corrected chi connectivity index (χ3v) is 5.36. The molecule has 1 aromatic heterocycles. The molecule has 2 aromatic rings. The largest absolute Gasteiger partial charge is 0.337 e. The number of benzene rings is 1. The van der Waals surface area contributed by atoms with Crippen LogP contribution in [-0.4, -0.2) is 39.9 Å². The summed E-state index contributed by atoms with van der Waals surface area (Å²) in [6.45, 7) is 3.78. The van der Waals surface area contributed by atoms with E-state index in [2.05, 4.69) is 11.9 Å². The predicted octanol–water partition coefficient (Wildman–Crippen LogP) is 3.86. The van der Waals surface area contributed by atoms with Crippen LogP contribution < -0.4 is 0 Å². The van der Waals surface area contributed by atoms with Crippen molar-refractivity contribution in [3.8, 4) is 0 Å². The average molecular weight is 321 g/mol. The van der Waals surface area contributed by atoms with Gasteiger partial charge in [-0.15, -0.1) is 0 Å². The van der Waals surface area contributed by atoms with Crippen LogP contribution in [-0.2, 0) is 0 Å². The summed E-state index contributed by atoms with van der Waals surface area (Å²) >= 11 is 8.03. The Kier molecular flexibility index (Phi) is 4.36. The summed E-state index contributed by atoms with van der Waals surface area (Å²) in [6.07, 6.45) is 1.09. The fourth-order valence-corrected chi connectivity index (χ4v) is 4.02. The van der Waals surface area contributed by atoms with Crippen LogP contribution in [0.5, 0.6) is 0 Å². The third kappa shape index (κ3) is 3.01. The molecule has 0 radical (unpaired) electrons. The van der Waals surface area contributed by atoms with Gasteiger partial charge in [-0.3, -0.25) is 4.79 Å². The summed E-state index contributed by atoms with van der Waals surface area (Å²) in [5.41, 5.74) is 1.43. The number of hydrogen-bond acceptors (Lipinski definition) is 3. The molecule has 1 atom stereocenters. The summed E-state index contributed by atoms with van der Waals surface area (Å²) in [4.78, 5) is 19.1. The second-order valence-electron chi connectivity index (χ2n) is 5.16. The number of halogens is 1. The van der Waals surface area contributed by atoms with Gasteiger partial charge in [-0.25, -0.2) is 4.98 Å². The number of pyridine rings is 1. The van der Waals surface area contributed by atoms with Crippen molar-refractivity contribution in [2.75, 3.05) is 18.8 Å². The number of rotatable bonds is 2. The van der Waals surface area contributed by atoms with Crippen LogP contribution in [0.1, 0.15) is 23.7 Å². The van der Waals surface area contributed by atoms with Crippen molar-refractivity contribution in [2.45, 2.75) is 18.6 Å². The van der Waals surface area contributed by atoms with Crippen LogP contribution in [0.15, 0.2) is 30.3 Å². The number of carbonyl (C=O) groups is 1. The molecule has 2 heterocycles. The van der Waals surface area contributed by atoms with Gasteiger partial charge < -0.3 is 4.90 Å². The van der Waals surface area contributed by atoms with E-state index in [1.54, 1.807) is 6.07 Å². The van der Waals surface area contributed by atoms with Crippen molar-refractivity contribution < 1.29 is 4.79 Å². The molecule has 21 heavy (non-hydrogen) atoms. The van der Waals surface area contributed by atoms with Crippen molar-refractivity contribution in [2.24, 2.45) is 0 Å². The minimum atomic E-state index is 0.0641. The highest BCUT2D eigenvalue weighted by Crippen LogP contribution is 2.26. The van der Waals surface area contributed by atoms with E-state index < -0.39 is 0 Å². The van der Waals surface area contributed by atoms with Crippen molar-refractivity contribution in [1.82, 2.24) is 9.88 Å². The molecule has 0 spiro atoms. The van der Waals surface area contributed by atoms with Gasteiger partial charge in [0.15, 0.2) is 0 Å². The summed E-state index contributed by atoms with van der Waals surface area (Å²) in [7, 11) is 0. The van der Waals surface area contributed by atoms with Gasteiger partial charge in [-0.1, -0.05) is 36.7 Å². The first-order valence-corrected chi connectivity index (χ1v) is 8.58. The number of nitrogens with zero attached hydrogens (tertiary/aromatic N) is 2. The molecule has 0 N–H and O–H groups in total. The van der Waals surface area contributed by atoms with Gasteiger partial charge in [0.25, 0.3) is 5.91 Å². The quantitative estimate of drug-likeness (QED) is 0.788. The Balaban J connectivity index is 1.97. The standard InChI is InChI=1S/C16H17ClN2OS/c1-2-11-10-19(7-8-21-11)16(20)13-9-15(17)18-14-6-4-3-5-12(13)14/h3-6,9,11H,2,7-8,10H2,1H3. The Morgan fingerprint density at radius 2 is 2.29 bits per heavy atom. The molecule has 1 unspecified atom stereocenters. The molecule has 110 valence electrons. The highest BCUT2D eigenvalue weighted by molar-refractivity contribution is 8.00. The van der Waals surface area contributed by atoms with Crippen molar-refractivity contribution in [3.05, 3.63) is 41.0 Å². The van der Waals surface area contributed by atoms with E-state index in [-0.39, 0.29) is 5.91 Å². The predicted molar refractivity (Wildman–Crippen MR) is 89.2 cm³/mol. The molecular weight excluding hydrogens is 304 g/mol. The maximum Gasteiger partial charge on any atom is 0.254 e. The zero-order valence-electron chi connectivity index (χ0n) is 11.9. The van der Waals surface area contributed by atoms with Crippen LogP contribution in [0.3, 0.4) is 0 Å². The number of carbonyl (C=O) groups excluding carboxylic acids is 1. The fourth-order valence-electron chi connectivity index (χ4n) is 2.64. The minimum absolute atomic E-state index is 0.0641. The molecular formula is C16H17ClN2OS. The molecule has 1 saturated heterocycles. The van der Waals surface area contributed by atoms with Crippen LogP contribution >= 0.6 is 23.4 Å². The normalized spacial score (nSPS) is 19.0. The van der Waals surface area contributed by atoms with Gasteiger partial charge in [0, 0.05) is 29.5 Å². The number of fused-ring (bicyclic) bond motifs is 1. The number of thioether (sulfide) groups is 1. The Bertz CT molecular complexity index is 676. The van der Waals surface area contributed by atoms with Gasteiger partial charge >= 0.3 is 0 Å². The minimum Gasteiger partial charge on any atom is -0.337 e. The van der Waals surface area contributed by atoms with E-state index in [1.165, 1.54) is 0 Å². The molecule has 1 amide bonds. The third-order valence-electron chi connectivity index (χ3n) is 3.80. The summed E-state index contributed by atoms with van der Waals surface area (Å²) in [5, 5.41) is 1.78. The van der Waals surface area contributed by atoms with E-state index in [4.69, 9.17) is 11.6 Å². The fraction of sp³-hybridized carbons (Fsp3) is 0.375. The molecule has 3 rings (SSSR count). The zero-order chi connectivity index (χ0) is 14.8. The molecule has 1 aliphatic rings. The molecule has 0 bridgehead atoms. The molecule has 5 heteroatoms. The zero-order valence-corrected chi connectivity index (χ0v) is 13.5. The van der Waals surface area contributed by atoms with E-state index in [0.29, 0.717) is 16.0 Å². The molecule has 1 aromatic carbocycles. The Morgan fingerprint density at radius 1 is 1.48 bits per heavy atom. The lowest BCUT2D eigenvalue weighted by molar-refractivity contribution is 0.0763. The van der Waals surface area contributed by atoms with Crippen LogP contribution in [0, 0.1) is 0 Å². The molecule has 0 aliphatic carbocycles. The summed E-state index contributed by atoms with van der Waals surface area (Å²) in [6, 6.07) is 9.34. The van der Waals surface area contributed by atoms with Crippen LogP contribution in [0.2, 0.25) is 5.15 Å². The number of hydrogen-bond donors (Lipinski definition) is 0. The Morgan fingerprint density at radius 3 is 3.10 bits per heavy atom.